The molecule has 1 aliphatic rings. The predicted octanol–water partition coefficient (Wildman–Crippen LogP) is 2.82. The Bertz CT molecular complexity index is 636. The molecule has 0 bridgehead atoms. The number of hydrogen-bond donors (Lipinski definition) is 1. The Balaban J connectivity index is 2.33. The predicted molar refractivity (Wildman–Crippen MR) is 73.5 cm³/mol. The summed E-state index contributed by atoms with van der Waals surface area (Å²) in [6.45, 7) is 2.35. The molecule has 3 nitrogen and oxygen atoms in total. The molecule has 0 unspecified atom stereocenters. The second kappa shape index (κ2) is 4.52. The highest BCUT2D eigenvalue weighted by Crippen LogP contribution is 2.36. The van der Waals surface area contributed by atoms with Crippen LogP contribution < -0.4 is 0 Å². The van der Waals surface area contributed by atoms with Crippen molar-refractivity contribution >= 4 is 5.91 Å². The smallest absolute Gasteiger partial charge is 0.256 e. The van der Waals surface area contributed by atoms with E-state index in [1.54, 1.807) is 0 Å². The van der Waals surface area contributed by atoms with Crippen LogP contribution in [-0.4, -0.2) is 22.5 Å². The first-order chi connectivity index (χ1) is 9.24. The van der Waals surface area contributed by atoms with Gasteiger partial charge in [-0.1, -0.05) is 42.5 Å². The van der Waals surface area contributed by atoms with E-state index >= 15 is 0 Å². The molecular weight excluding hydrogens is 238 g/mol. The van der Waals surface area contributed by atoms with Crippen molar-refractivity contribution in [2.75, 3.05) is 6.54 Å². The number of carbonyl (C=O) groups is 1. The maximum absolute atomic E-state index is 12.5. The van der Waals surface area contributed by atoms with Crippen molar-refractivity contribution in [1.29, 1.82) is 0 Å². The molecule has 1 amide bonds. The molecule has 1 N–H and O–H groups in total. The lowest BCUT2D eigenvalue weighted by Crippen LogP contribution is -2.33. The SMILES string of the molecule is CCN1C(=O)c2ccccc2-c2ccccc2[C@@H]1O. The Labute approximate surface area is 112 Å². The van der Waals surface area contributed by atoms with Gasteiger partial charge in [-0.3, -0.25) is 4.79 Å². The van der Waals surface area contributed by atoms with Gasteiger partial charge in [0, 0.05) is 17.7 Å². The Hall–Kier alpha value is -2.13. The number of carbonyl (C=O) groups excluding carboxylic acids is 1. The first-order valence-corrected chi connectivity index (χ1v) is 6.41. The van der Waals surface area contributed by atoms with Gasteiger partial charge in [-0.15, -0.1) is 0 Å². The van der Waals surface area contributed by atoms with Crippen LogP contribution in [-0.2, 0) is 0 Å². The van der Waals surface area contributed by atoms with Crippen LogP contribution in [0, 0.1) is 0 Å². The third kappa shape index (κ3) is 1.74. The van der Waals surface area contributed by atoms with E-state index in [9.17, 15) is 9.90 Å². The molecule has 3 heteroatoms. The largest absolute Gasteiger partial charge is 0.369 e. The summed E-state index contributed by atoms with van der Waals surface area (Å²) in [4.78, 5) is 14.0. The fraction of sp³-hybridized carbons (Fsp3) is 0.188. The van der Waals surface area contributed by atoms with Crippen molar-refractivity contribution in [3.63, 3.8) is 0 Å². The highest BCUT2D eigenvalue weighted by atomic mass is 16.3. The van der Waals surface area contributed by atoms with Gasteiger partial charge in [0.25, 0.3) is 5.91 Å². The number of aliphatic hydroxyl groups is 1. The number of benzene rings is 2. The molecule has 0 radical (unpaired) electrons. The van der Waals surface area contributed by atoms with Crippen LogP contribution in [0.1, 0.15) is 29.1 Å². The van der Waals surface area contributed by atoms with Gasteiger partial charge in [0.2, 0.25) is 0 Å². The number of hydrogen-bond acceptors (Lipinski definition) is 2. The van der Waals surface area contributed by atoms with Gasteiger partial charge in [-0.05, 0) is 24.1 Å². The molecule has 3 rings (SSSR count). The number of fused-ring (bicyclic) bond motifs is 3. The van der Waals surface area contributed by atoms with Crippen LogP contribution in [0.15, 0.2) is 48.5 Å². The van der Waals surface area contributed by atoms with Crippen molar-refractivity contribution in [2.45, 2.75) is 13.2 Å². The zero-order valence-electron chi connectivity index (χ0n) is 10.7. The fourth-order valence-electron chi connectivity index (χ4n) is 2.62. The quantitative estimate of drug-likeness (QED) is 0.849. The van der Waals surface area contributed by atoms with Crippen LogP contribution in [0.4, 0.5) is 0 Å². The molecule has 96 valence electrons. The molecular formula is C16H15NO2. The minimum atomic E-state index is -0.888. The van der Waals surface area contributed by atoms with E-state index < -0.39 is 6.23 Å². The van der Waals surface area contributed by atoms with E-state index in [1.165, 1.54) is 4.90 Å². The highest BCUT2D eigenvalue weighted by molar-refractivity contribution is 6.02. The Morgan fingerprint density at radius 2 is 1.58 bits per heavy atom. The molecule has 0 spiro atoms. The van der Waals surface area contributed by atoms with Gasteiger partial charge in [0.05, 0.1) is 0 Å². The average Bonchev–Trinajstić information content (AvgIpc) is 2.55. The lowest BCUT2D eigenvalue weighted by atomic mass is 9.96. The second-order valence-electron chi connectivity index (χ2n) is 4.60. The van der Waals surface area contributed by atoms with Gasteiger partial charge >= 0.3 is 0 Å². The van der Waals surface area contributed by atoms with E-state index in [2.05, 4.69) is 0 Å². The lowest BCUT2D eigenvalue weighted by molar-refractivity contribution is 0.01000. The van der Waals surface area contributed by atoms with Crippen molar-refractivity contribution in [3.8, 4) is 11.1 Å². The summed E-state index contributed by atoms with van der Waals surface area (Å²) in [7, 11) is 0. The van der Waals surface area contributed by atoms with Gasteiger partial charge in [0.1, 0.15) is 0 Å². The first kappa shape index (κ1) is 11.9. The van der Waals surface area contributed by atoms with Crippen molar-refractivity contribution in [2.24, 2.45) is 0 Å². The summed E-state index contributed by atoms with van der Waals surface area (Å²) in [6.07, 6.45) is -0.888. The van der Waals surface area contributed by atoms with E-state index in [4.69, 9.17) is 0 Å². The molecule has 0 aromatic heterocycles. The number of nitrogens with zero attached hydrogens (tertiary/aromatic N) is 1. The number of aliphatic hydroxyl groups excluding tert-OH is 1. The third-order valence-corrected chi connectivity index (χ3v) is 3.58. The van der Waals surface area contributed by atoms with Gasteiger partial charge < -0.3 is 10.0 Å². The average molecular weight is 253 g/mol. The first-order valence-electron chi connectivity index (χ1n) is 6.41. The Morgan fingerprint density at radius 1 is 1.00 bits per heavy atom. The molecule has 2 aromatic rings. The molecule has 0 saturated heterocycles. The van der Waals surface area contributed by atoms with Gasteiger partial charge in [0.15, 0.2) is 6.23 Å². The maximum Gasteiger partial charge on any atom is 0.256 e. The van der Waals surface area contributed by atoms with Crippen LogP contribution in [0.5, 0.6) is 0 Å². The molecule has 0 saturated carbocycles. The van der Waals surface area contributed by atoms with Crippen molar-refractivity contribution in [1.82, 2.24) is 4.90 Å². The number of amides is 1. The fourth-order valence-corrected chi connectivity index (χ4v) is 2.62. The lowest BCUT2D eigenvalue weighted by Gasteiger charge is -2.25. The van der Waals surface area contributed by atoms with E-state index in [0.29, 0.717) is 12.1 Å². The molecule has 2 aromatic carbocycles. The summed E-state index contributed by atoms with van der Waals surface area (Å²) in [5.41, 5.74) is 3.24. The molecule has 1 heterocycles. The number of rotatable bonds is 1. The van der Waals surface area contributed by atoms with Crippen LogP contribution in [0.25, 0.3) is 11.1 Å². The molecule has 19 heavy (non-hydrogen) atoms. The molecule has 0 aliphatic carbocycles. The van der Waals surface area contributed by atoms with Crippen molar-refractivity contribution in [3.05, 3.63) is 59.7 Å². The molecule has 0 fully saturated rings. The van der Waals surface area contributed by atoms with E-state index in [1.807, 2.05) is 55.5 Å². The Kier molecular flexibility index (Phi) is 2.84. The van der Waals surface area contributed by atoms with Crippen molar-refractivity contribution < 1.29 is 9.90 Å². The Morgan fingerprint density at radius 3 is 2.26 bits per heavy atom. The van der Waals surface area contributed by atoms with E-state index in [0.717, 1.165) is 16.7 Å². The van der Waals surface area contributed by atoms with Crippen LogP contribution in [0.3, 0.4) is 0 Å². The monoisotopic (exact) mass is 253 g/mol. The summed E-state index contributed by atoms with van der Waals surface area (Å²) in [5, 5.41) is 10.4. The van der Waals surface area contributed by atoms with Gasteiger partial charge in [-0.25, -0.2) is 0 Å². The van der Waals surface area contributed by atoms with Crippen LogP contribution >= 0.6 is 0 Å². The topological polar surface area (TPSA) is 40.5 Å². The van der Waals surface area contributed by atoms with Gasteiger partial charge in [-0.2, -0.15) is 0 Å². The summed E-state index contributed by atoms with van der Waals surface area (Å²) in [5.74, 6) is -0.123. The highest BCUT2D eigenvalue weighted by Gasteiger charge is 2.30. The minimum absolute atomic E-state index is 0.123. The molecule has 1 aliphatic heterocycles. The standard InChI is InChI=1S/C16H15NO2/c1-2-17-15(18)13-9-5-3-7-11(13)12-8-4-6-10-14(12)16(17)19/h3-10,15,18H,2H2,1H3/t15-/m0/s1. The second-order valence-corrected chi connectivity index (χ2v) is 4.60. The molecule has 1 atom stereocenters. The van der Waals surface area contributed by atoms with Crippen LogP contribution in [0.2, 0.25) is 0 Å². The summed E-state index contributed by atoms with van der Waals surface area (Å²) in [6, 6.07) is 15.1. The minimum Gasteiger partial charge on any atom is -0.369 e. The zero-order chi connectivity index (χ0) is 13.4. The maximum atomic E-state index is 12.5. The zero-order valence-corrected chi connectivity index (χ0v) is 10.7. The summed E-state index contributed by atoms with van der Waals surface area (Å²) >= 11 is 0. The summed E-state index contributed by atoms with van der Waals surface area (Å²) < 4.78 is 0. The normalized spacial score (nSPS) is 17.7. The third-order valence-electron chi connectivity index (χ3n) is 3.58. The van der Waals surface area contributed by atoms with E-state index in [-0.39, 0.29) is 5.91 Å².